The Kier molecular flexibility index (Phi) is 5.83. The molecule has 32 heavy (non-hydrogen) atoms. The van der Waals surface area contributed by atoms with Crippen molar-refractivity contribution in [2.45, 2.75) is 58.9 Å². The van der Waals surface area contributed by atoms with Crippen LogP contribution >= 0.6 is 11.3 Å². The van der Waals surface area contributed by atoms with E-state index in [1.807, 2.05) is 24.4 Å². The van der Waals surface area contributed by atoms with E-state index >= 15 is 0 Å². The lowest BCUT2D eigenvalue weighted by atomic mass is 9.67. The van der Waals surface area contributed by atoms with Gasteiger partial charge in [-0.3, -0.25) is 14.5 Å². The first-order chi connectivity index (χ1) is 15.1. The first kappa shape index (κ1) is 22.5. The van der Waals surface area contributed by atoms with Gasteiger partial charge in [0.2, 0.25) is 5.91 Å². The van der Waals surface area contributed by atoms with Gasteiger partial charge < -0.3 is 10.6 Å². The molecular formula is C24H30N4O3S. The van der Waals surface area contributed by atoms with Crippen LogP contribution < -0.4 is 10.6 Å². The van der Waals surface area contributed by atoms with E-state index in [-0.39, 0.29) is 17.9 Å². The lowest BCUT2D eigenvalue weighted by Gasteiger charge is -2.40. The Morgan fingerprint density at radius 1 is 1.22 bits per heavy atom. The summed E-state index contributed by atoms with van der Waals surface area (Å²) in [5.74, 6) is -0.156. The maximum Gasteiger partial charge on any atom is 0.325 e. The van der Waals surface area contributed by atoms with E-state index in [2.05, 4.69) is 36.4 Å². The smallest absolute Gasteiger partial charge is 0.325 e. The zero-order chi connectivity index (χ0) is 23.1. The van der Waals surface area contributed by atoms with Crippen LogP contribution in [0.15, 0.2) is 29.6 Å². The van der Waals surface area contributed by atoms with Gasteiger partial charge in [0.25, 0.3) is 5.91 Å². The highest BCUT2D eigenvalue weighted by atomic mass is 32.1. The minimum absolute atomic E-state index is 0.181. The Labute approximate surface area is 192 Å². The van der Waals surface area contributed by atoms with Gasteiger partial charge in [0.05, 0.1) is 10.7 Å². The van der Waals surface area contributed by atoms with Crippen LogP contribution in [0.5, 0.6) is 0 Å². The molecule has 1 saturated heterocycles. The molecule has 4 rings (SSSR count). The normalized spacial score (nSPS) is 23.5. The molecule has 2 heterocycles. The molecule has 170 valence electrons. The summed E-state index contributed by atoms with van der Waals surface area (Å²) < 4.78 is 0. The summed E-state index contributed by atoms with van der Waals surface area (Å²) in [6, 6.07) is 6.89. The molecule has 2 aromatic rings. The topological polar surface area (TPSA) is 91.4 Å². The molecule has 2 aliphatic rings. The Bertz CT molecular complexity index is 1030. The number of imide groups is 1. The third kappa shape index (κ3) is 4.41. The summed E-state index contributed by atoms with van der Waals surface area (Å²) in [6.07, 6.45) is 3.02. The number of nitrogens with zero attached hydrogens (tertiary/aromatic N) is 2. The van der Waals surface area contributed by atoms with Crippen molar-refractivity contribution in [2.24, 2.45) is 11.3 Å². The summed E-state index contributed by atoms with van der Waals surface area (Å²) >= 11 is 1.59. The van der Waals surface area contributed by atoms with Crippen LogP contribution in [0.25, 0.3) is 11.3 Å². The average Bonchev–Trinajstić information content (AvgIpc) is 3.26. The number of aryl methyl sites for hydroxylation is 1. The third-order valence-corrected chi connectivity index (χ3v) is 7.47. The summed E-state index contributed by atoms with van der Waals surface area (Å²) in [5.41, 5.74) is 1.80. The Balaban J connectivity index is 1.36. The molecule has 7 nitrogen and oxygen atoms in total. The number of hydrogen-bond donors (Lipinski definition) is 2. The number of carbonyl (C=O) groups excluding carboxylic acids is 3. The van der Waals surface area contributed by atoms with E-state index in [1.54, 1.807) is 23.5 Å². The van der Waals surface area contributed by atoms with Crippen molar-refractivity contribution < 1.29 is 14.4 Å². The van der Waals surface area contributed by atoms with E-state index in [9.17, 15) is 14.4 Å². The second-order valence-electron chi connectivity index (χ2n) is 9.92. The zero-order valence-corrected chi connectivity index (χ0v) is 19.8. The SMILES string of the molecule is Cc1nc(-c2ccc(NC(=O)CN3C(=O)NC4(CCC(C(C)(C)C)CC4)C3=O)cc2)cs1. The molecule has 8 heteroatoms. The fraction of sp³-hybridized carbons (Fsp3) is 0.500. The first-order valence-corrected chi connectivity index (χ1v) is 11.9. The quantitative estimate of drug-likeness (QED) is 0.662. The molecule has 1 aliphatic carbocycles. The van der Waals surface area contributed by atoms with Gasteiger partial charge in [-0.2, -0.15) is 0 Å². The Hall–Kier alpha value is -2.74. The molecule has 2 fully saturated rings. The monoisotopic (exact) mass is 454 g/mol. The van der Waals surface area contributed by atoms with Crippen LogP contribution in [0.1, 0.15) is 51.5 Å². The summed E-state index contributed by atoms with van der Waals surface area (Å²) in [7, 11) is 0. The molecule has 0 atom stereocenters. The number of hydrogen-bond acceptors (Lipinski definition) is 5. The molecule has 1 aliphatic heterocycles. The lowest BCUT2D eigenvalue weighted by Crippen LogP contribution is -2.50. The predicted octanol–water partition coefficient (Wildman–Crippen LogP) is 4.58. The van der Waals surface area contributed by atoms with Crippen LogP contribution in [-0.2, 0) is 9.59 Å². The van der Waals surface area contributed by atoms with E-state index in [0.29, 0.717) is 24.4 Å². The minimum Gasteiger partial charge on any atom is -0.325 e. The van der Waals surface area contributed by atoms with Crippen LogP contribution in [0.3, 0.4) is 0 Å². The van der Waals surface area contributed by atoms with Crippen LogP contribution in [-0.4, -0.2) is 39.8 Å². The number of urea groups is 1. The summed E-state index contributed by atoms with van der Waals surface area (Å²) in [4.78, 5) is 43.7. The van der Waals surface area contributed by atoms with Gasteiger partial charge >= 0.3 is 6.03 Å². The number of nitrogens with one attached hydrogen (secondary N) is 2. The molecule has 0 radical (unpaired) electrons. The van der Waals surface area contributed by atoms with Crippen molar-refractivity contribution in [2.75, 3.05) is 11.9 Å². The number of rotatable bonds is 4. The lowest BCUT2D eigenvalue weighted by molar-refractivity contribution is -0.135. The van der Waals surface area contributed by atoms with Crippen molar-refractivity contribution >= 4 is 34.9 Å². The van der Waals surface area contributed by atoms with Gasteiger partial charge in [-0.25, -0.2) is 9.78 Å². The number of anilines is 1. The molecule has 0 bridgehead atoms. The second-order valence-corrected chi connectivity index (χ2v) is 11.0. The molecule has 1 saturated carbocycles. The molecule has 2 N–H and O–H groups in total. The Morgan fingerprint density at radius 2 is 1.88 bits per heavy atom. The third-order valence-electron chi connectivity index (χ3n) is 6.69. The molecule has 1 aromatic heterocycles. The number of benzene rings is 1. The van der Waals surface area contributed by atoms with Gasteiger partial charge in [0.1, 0.15) is 12.1 Å². The van der Waals surface area contributed by atoms with Gasteiger partial charge in [-0.15, -0.1) is 11.3 Å². The van der Waals surface area contributed by atoms with Gasteiger partial charge in [-0.1, -0.05) is 32.9 Å². The number of carbonyl (C=O) groups is 3. The van der Waals surface area contributed by atoms with Crippen molar-refractivity contribution in [3.05, 3.63) is 34.7 Å². The molecular weight excluding hydrogens is 424 g/mol. The summed E-state index contributed by atoms with van der Waals surface area (Å²) in [6.45, 7) is 8.31. The molecule has 4 amide bonds. The highest BCUT2D eigenvalue weighted by Gasteiger charge is 2.53. The number of thiazole rings is 1. The Morgan fingerprint density at radius 3 is 2.44 bits per heavy atom. The highest BCUT2D eigenvalue weighted by molar-refractivity contribution is 7.09. The van der Waals surface area contributed by atoms with Gasteiger partial charge in [0, 0.05) is 16.6 Å². The standard InChI is InChI=1S/C24H30N4O3S/c1-15-25-19(14-32-15)16-5-7-18(8-6-16)26-20(29)13-28-21(30)24(27-22(28)31)11-9-17(10-12-24)23(2,3)4/h5-8,14,17H,9-13H2,1-4H3,(H,26,29)(H,27,31). The van der Waals surface area contributed by atoms with Crippen molar-refractivity contribution in [1.82, 2.24) is 15.2 Å². The second kappa shape index (κ2) is 8.31. The van der Waals surface area contributed by atoms with Crippen LogP contribution in [0.2, 0.25) is 0 Å². The molecule has 1 spiro atoms. The maximum absolute atomic E-state index is 13.1. The summed E-state index contributed by atoms with van der Waals surface area (Å²) in [5, 5.41) is 8.66. The van der Waals surface area contributed by atoms with Crippen LogP contribution in [0, 0.1) is 18.3 Å². The fourth-order valence-corrected chi connectivity index (χ4v) is 5.32. The van der Waals surface area contributed by atoms with E-state index in [0.717, 1.165) is 34.0 Å². The van der Waals surface area contributed by atoms with Gasteiger partial charge in [0.15, 0.2) is 0 Å². The van der Waals surface area contributed by atoms with Crippen LogP contribution in [0.4, 0.5) is 10.5 Å². The minimum atomic E-state index is -0.855. The predicted molar refractivity (Wildman–Crippen MR) is 125 cm³/mol. The number of amides is 4. The number of aromatic nitrogens is 1. The molecule has 0 unspecified atom stereocenters. The van der Waals surface area contributed by atoms with Gasteiger partial charge in [-0.05, 0) is 56.1 Å². The van der Waals surface area contributed by atoms with Crippen molar-refractivity contribution in [3.63, 3.8) is 0 Å². The van der Waals surface area contributed by atoms with Crippen molar-refractivity contribution in [3.8, 4) is 11.3 Å². The maximum atomic E-state index is 13.1. The van der Waals surface area contributed by atoms with E-state index in [4.69, 9.17) is 0 Å². The van der Waals surface area contributed by atoms with E-state index < -0.39 is 17.5 Å². The zero-order valence-electron chi connectivity index (χ0n) is 19.0. The fourth-order valence-electron chi connectivity index (χ4n) is 4.70. The average molecular weight is 455 g/mol. The largest absolute Gasteiger partial charge is 0.325 e. The highest BCUT2D eigenvalue weighted by Crippen LogP contribution is 2.43. The molecule has 1 aromatic carbocycles. The van der Waals surface area contributed by atoms with Crippen molar-refractivity contribution in [1.29, 1.82) is 0 Å². The first-order valence-electron chi connectivity index (χ1n) is 11.0. The van der Waals surface area contributed by atoms with E-state index in [1.165, 1.54) is 0 Å².